The Balaban J connectivity index is 1.90. The van der Waals surface area contributed by atoms with Crippen LogP contribution >= 0.6 is 0 Å². The Morgan fingerprint density at radius 1 is 1.26 bits per heavy atom. The Hall–Kier alpha value is -1.59. The van der Waals surface area contributed by atoms with E-state index in [1.54, 1.807) is 11.8 Å². The zero-order valence-corrected chi connectivity index (χ0v) is 13.9. The average Bonchev–Trinajstić information content (AvgIpc) is 2.91. The number of carbonyl (C=O) groups excluding carboxylic acids is 2. The van der Waals surface area contributed by atoms with E-state index in [1.165, 1.54) is 4.90 Å². The molecule has 2 amide bonds. The molecule has 0 bridgehead atoms. The molecule has 6 nitrogen and oxygen atoms in total. The van der Waals surface area contributed by atoms with Crippen molar-refractivity contribution in [2.45, 2.75) is 83.0 Å². The number of aliphatic carboxylic acids is 1. The number of hydrogen-bond acceptors (Lipinski definition) is 3. The van der Waals surface area contributed by atoms with Crippen LogP contribution in [-0.2, 0) is 14.4 Å². The van der Waals surface area contributed by atoms with E-state index >= 15 is 0 Å². The van der Waals surface area contributed by atoms with Gasteiger partial charge in [0.05, 0.1) is 0 Å². The van der Waals surface area contributed by atoms with Crippen molar-refractivity contribution in [3.8, 4) is 0 Å². The van der Waals surface area contributed by atoms with Gasteiger partial charge in [-0.2, -0.15) is 0 Å². The molecule has 2 saturated heterocycles. The van der Waals surface area contributed by atoms with Gasteiger partial charge in [-0.1, -0.05) is 26.2 Å². The van der Waals surface area contributed by atoms with E-state index in [2.05, 4.69) is 0 Å². The largest absolute Gasteiger partial charge is 0.480 e. The Morgan fingerprint density at radius 2 is 1.96 bits per heavy atom. The summed E-state index contributed by atoms with van der Waals surface area (Å²) in [6.07, 6.45) is 6.08. The predicted molar refractivity (Wildman–Crippen MR) is 83.6 cm³/mol. The highest BCUT2D eigenvalue weighted by atomic mass is 16.4. The van der Waals surface area contributed by atoms with Crippen molar-refractivity contribution < 1.29 is 19.5 Å². The van der Waals surface area contributed by atoms with Crippen molar-refractivity contribution in [1.29, 1.82) is 0 Å². The van der Waals surface area contributed by atoms with Crippen LogP contribution in [0.4, 0.5) is 0 Å². The highest BCUT2D eigenvalue weighted by molar-refractivity contribution is 5.99. The predicted octanol–water partition coefficient (Wildman–Crippen LogP) is 1.63. The summed E-state index contributed by atoms with van der Waals surface area (Å²) >= 11 is 0. The van der Waals surface area contributed by atoms with Crippen LogP contribution in [0.3, 0.4) is 0 Å². The lowest BCUT2D eigenvalue weighted by molar-refractivity contribution is -0.168. The first-order valence-electron chi connectivity index (χ1n) is 8.84. The van der Waals surface area contributed by atoms with Crippen molar-refractivity contribution >= 4 is 17.8 Å². The number of carboxylic acid groups (broad SMARTS) is 1. The number of carboxylic acids is 1. The maximum absolute atomic E-state index is 13.0. The van der Waals surface area contributed by atoms with Crippen LogP contribution in [0.25, 0.3) is 0 Å². The fraction of sp³-hybridized carbons (Fsp3) is 0.824. The second kappa shape index (κ2) is 6.13. The van der Waals surface area contributed by atoms with Crippen molar-refractivity contribution in [2.75, 3.05) is 0 Å². The lowest BCUT2D eigenvalue weighted by Crippen LogP contribution is -2.66. The summed E-state index contributed by atoms with van der Waals surface area (Å²) in [5.41, 5.74) is 0. The van der Waals surface area contributed by atoms with Gasteiger partial charge in [-0.15, -0.1) is 0 Å². The first-order chi connectivity index (χ1) is 11.0. The van der Waals surface area contributed by atoms with Gasteiger partial charge < -0.3 is 14.9 Å². The maximum Gasteiger partial charge on any atom is 0.326 e. The molecule has 0 unspecified atom stereocenters. The Kier molecular flexibility index (Phi) is 4.34. The zero-order valence-electron chi connectivity index (χ0n) is 13.9. The normalized spacial score (nSPS) is 35.0. The molecule has 2 aliphatic heterocycles. The van der Waals surface area contributed by atoms with Gasteiger partial charge in [0.1, 0.15) is 18.1 Å². The molecule has 3 aliphatic rings. The standard InChI is InChI=1S/C17H26N2O4/c1-3-6-13(17(22)23)18-10(2)15(20)19-12-8-5-4-7-11(12)9-14(19)16(18)21/h10-14H,3-9H2,1-2H3,(H,22,23)/t10-,11+,12+,13+,14+/m0/s1. The summed E-state index contributed by atoms with van der Waals surface area (Å²) in [4.78, 5) is 40.7. The van der Waals surface area contributed by atoms with Gasteiger partial charge in [-0.3, -0.25) is 9.59 Å². The minimum atomic E-state index is -1.01. The molecule has 1 aliphatic carbocycles. The monoisotopic (exact) mass is 322 g/mol. The lowest BCUT2D eigenvalue weighted by Gasteiger charge is -2.45. The molecule has 0 aromatic carbocycles. The number of amides is 2. The number of hydrogen-bond donors (Lipinski definition) is 1. The molecule has 3 rings (SSSR count). The van der Waals surface area contributed by atoms with E-state index in [0.717, 1.165) is 25.7 Å². The summed E-state index contributed by atoms with van der Waals surface area (Å²) in [6, 6.07) is -1.82. The average molecular weight is 322 g/mol. The molecule has 0 radical (unpaired) electrons. The minimum Gasteiger partial charge on any atom is -0.480 e. The van der Waals surface area contributed by atoms with Crippen molar-refractivity contribution in [3.63, 3.8) is 0 Å². The summed E-state index contributed by atoms with van der Waals surface area (Å²) in [5, 5.41) is 9.51. The fourth-order valence-corrected chi connectivity index (χ4v) is 4.77. The van der Waals surface area contributed by atoms with E-state index in [4.69, 9.17) is 0 Å². The summed E-state index contributed by atoms with van der Waals surface area (Å²) in [7, 11) is 0. The molecule has 1 saturated carbocycles. The molecule has 5 atom stereocenters. The van der Waals surface area contributed by atoms with E-state index in [0.29, 0.717) is 25.2 Å². The number of piperazine rings is 1. The van der Waals surface area contributed by atoms with Gasteiger partial charge in [-0.05, 0) is 38.5 Å². The molecule has 0 aromatic rings. The van der Waals surface area contributed by atoms with E-state index in [-0.39, 0.29) is 17.9 Å². The van der Waals surface area contributed by atoms with Crippen LogP contribution in [-0.4, -0.2) is 56.9 Å². The third kappa shape index (κ3) is 2.52. The molecule has 3 fully saturated rings. The summed E-state index contributed by atoms with van der Waals surface area (Å²) in [5.74, 6) is -0.828. The van der Waals surface area contributed by atoms with Crippen LogP contribution in [0.5, 0.6) is 0 Å². The summed E-state index contributed by atoms with van der Waals surface area (Å²) < 4.78 is 0. The number of rotatable bonds is 4. The van der Waals surface area contributed by atoms with Gasteiger partial charge in [0.2, 0.25) is 11.8 Å². The van der Waals surface area contributed by atoms with E-state index < -0.39 is 24.1 Å². The molecule has 2 heterocycles. The van der Waals surface area contributed by atoms with Gasteiger partial charge in [-0.25, -0.2) is 4.79 Å². The van der Waals surface area contributed by atoms with Gasteiger partial charge >= 0.3 is 5.97 Å². The van der Waals surface area contributed by atoms with Gasteiger partial charge in [0, 0.05) is 6.04 Å². The maximum atomic E-state index is 13.0. The molecular weight excluding hydrogens is 296 g/mol. The fourth-order valence-electron chi connectivity index (χ4n) is 4.77. The Bertz CT molecular complexity index is 521. The molecular formula is C17H26N2O4. The molecule has 128 valence electrons. The number of carbonyl (C=O) groups is 3. The smallest absolute Gasteiger partial charge is 0.326 e. The van der Waals surface area contributed by atoms with Crippen molar-refractivity contribution in [2.24, 2.45) is 5.92 Å². The Morgan fingerprint density at radius 3 is 2.61 bits per heavy atom. The van der Waals surface area contributed by atoms with Gasteiger partial charge in [0.15, 0.2) is 0 Å². The highest BCUT2D eigenvalue weighted by Gasteiger charge is 2.55. The SMILES string of the molecule is CCC[C@H](C(=O)O)N1C(=O)[C@H]2C[C@H]3CCCC[C@H]3N2C(=O)[C@@H]1C. The summed E-state index contributed by atoms with van der Waals surface area (Å²) in [6.45, 7) is 3.57. The first kappa shape index (κ1) is 16.3. The van der Waals surface area contributed by atoms with Crippen LogP contribution in [0, 0.1) is 5.92 Å². The Labute approximate surface area is 136 Å². The van der Waals surface area contributed by atoms with Crippen LogP contribution in [0.1, 0.15) is 58.8 Å². The lowest BCUT2D eigenvalue weighted by atomic mass is 9.85. The number of nitrogens with zero attached hydrogens (tertiary/aromatic N) is 2. The van der Waals surface area contributed by atoms with Crippen molar-refractivity contribution in [1.82, 2.24) is 9.80 Å². The molecule has 0 spiro atoms. The molecule has 23 heavy (non-hydrogen) atoms. The van der Waals surface area contributed by atoms with Crippen molar-refractivity contribution in [3.05, 3.63) is 0 Å². The third-order valence-electron chi connectivity index (χ3n) is 5.84. The second-order valence-corrected chi connectivity index (χ2v) is 7.17. The molecule has 0 aromatic heterocycles. The van der Waals surface area contributed by atoms with Gasteiger partial charge in [0.25, 0.3) is 0 Å². The first-order valence-corrected chi connectivity index (χ1v) is 8.84. The quantitative estimate of drug-likeness (QED) is 0.853. The van der Waals surface area contributed by atoms with E-state index in [9.17, 15) is 19.5 Å². The van der Waals surface area contributed by atoms with E-state index in [1.807, 2.05) is 6.92 Å². The number of fused-ring (bicyclic) bond motifs is 3. The molecule has 6 heteroatoms. The van der Waals surface area contributed by atoms with Crippen LogP contribution < -0.4 is 0 Å². The highest BCUT2D eigenvalue weighted by Crippen LogP contribution is 2.43. The minimum absolute atomic E-state index is 0.0636. The van der Waals surface area contributed by atoms with Crippen LogP contribution in [0.15, 0.2) is 0 Å². The topological polar surface area (TPSA) is 77.9 Å². The zero-order chi connectivity index (χ0) is 16.7. The molecule has 1 N–H and O–H groups in total. The second-order valence-electron chi connectivity index (χ2n) is 7.17. The van der Waals surface area contributed by atoms with Crippen LogP contribution in [0.2, 0.25) is 0 Å². The third-order valence-corrected chi connectivity index (χ3v) is 5.84.